The van der Waals surface area contributed by atoms with Crippen LogP contribution in [0.3, 0.4) is 0 Å². The molecule has 0 spiro atoms. The molecule has 0 unspecified atom stereocenters. The average molecular weight is 197 g/mol. The van der Waals surface area contributed by atoms with Gasteiger partial charge < -0.3 is 0 Å². The summed E-state index contributed by atoms with van der Waals surface area (Å²) in [5, 5.41) is 0. The molecule has 0 bridgehead atoms. The second-order valence-corrected chi connectivity index (χ2v) is 3.61. The minimum atomic E-state index is 0.186. The SMILES string of the molecule is CC(=O)Cc1cc(C)cc(CCl)c1. The molecule has 1 rings (SSSR count). The van der Waals surface area contributed by atoms with Crippen molar-refractivity contribution in [3.05, 3.63) is 34.9 Å². The van der Waals surface area contributed by atoms with E-state index in [9.17, 15) is 4.79 Å². The Kier molecular flexibility index (Phi) is 3.49. The highest BCUT2D eigenvalue weighted by atomic mass is 35.5. The molecule has 0 atom stereocenters. The first-order valence-corrected chi connectivity index (χ1v) is 4.80. The van der Waals surface area contributed by atoms with Crippen molar-refractivity contribution in [2.75, 3.05) is 0 Å². The van der Waals surface area contributed by atoms with E-state index < -0.39 is 0 Å². The number of hydrogen-bond acceptors (Lipinski definition) is 1. The maximum absolute atomic E-state index is 10.9. The molecule has 70 valence electrons. The fourth-order valence-corrected chi connectivity index (χ4v) is 1.57. The molecule has 0 radical (unpaired) electrons. The molecule has 1 nitrogen and oxygen atoms in total. The maximum Gasteiger partial charge on any atom is 0.134 e. The number of ketones is 1. The summed E-state index contributed by atoms with van der Waals surface area (Å²) in [6.07, 6.45) is 0.506. The summed E-state index contributed by atoms with van der Waals surface area (Å²) in [5.41, 5.74) is 3.30. The highest BCUT2D eigenvalue weighted by molar-refractivity contribution is 6.17. The van der Waals surface area contributed by atoms with Crippen LogP contribution in [-0.2, 0) is 17.1 Å². The molecule has 0 aliphatic carbocycles. The Labute approximate surface area is 83.7 Å². The molecular weight excluding hydrogens is 184 g/mol. The first-order valence-electron chi connectivity index (χ1n) is 4.26. The molecule has 1 aromatic carbocycles. The zero-order valence-corrected chi connectivity index (χ0v) is 8.69. The van der Waals surface area contributed by atoms with E-state index >= 15 is 0 Å². The minimum Gasteiger partial charge on any atom is -0.300 e. The van der Waals surface area contributed by atoms with E-state index in [1.807, 2.05) is 25.1 Å². The number of hydrogen-bond donors (Lipinski definition) is 0. The predicted molar refractivity (Wildman–Crippen MR) is 55.1 cm³/mol. The van der Waals surface area contributed by atoms with Gasteiger partial charge in [0, 0.05) is 12.3 Å². The smallest absolute Gasteiger partial charge is 0.134 e. The van der Waals surface area contributed by atoms with Crippen molar-refractivity contribution in [3.63, 3.8) is 0 Å². The topological polar surface area (TPSA) is 17.1 Å². The first-order chi connectivity index (χ1) is 6.11. The van der Waals surface area contributed by atoms with Crippen molar-refractivity contribution in [2.24, 2.45) is 0 Å². The lowest BCUT2D eigenvalue weighted by molar-refractivity contribution is -0.116. The van der Waals surface area contributed by atoms with Crippen LogP contribution in [0.5, 0.6) is 0 Å². The van der Waals surface area contributed by atoms with Crippen LogP contribution in [0.25, 0.3) is 0 Å². The second-order valence-electron chi connectivity index (χ2n) is 3.34. The number of halogens is 1. The number of aryl methyl sites for hydroxylation is 1. The Morgan fingerprint density at radius 3 is 2.46 bits per heavy atom. The second kappa shape index (κ2) is 4.43. The Morgan fingerprint density at radius 1 is 1.31 bits per heavy atom. The monoisotopic (exact) mass is 196 g/mol. The van der Waals surface area contributed by atoms with Crippen LogP contribution in [-0.4, -0.2) is 5.78 Å². The van der Waals surface area contributed by atoms with Crippen molar-refractivity contribution < 1.29 is 4.79 Å². The predicted octanol–water partition coefficient (Wildman–Crippen LogP) is 2.87. The molecule has 0 N–H and O–H groups in total. The number of alkyl halides is 1. The lowest BCUT2D eigenvalue weighted by Crippen LogP contribution is -1.97. The van der Waals surface area contributed by atoms with E-state index in [0.29, 0.717) is 12.3 Å². The Balaban J connectivity index is 2.94. The minimum absolute atomic E-state index is 0.186. The van der Waals surface area contributed by atoms with E-state index in [1.54, 1.807) is 6.92 Å². The van der Waals surface area contributed by atoms with Crippen LogP contribution in [0.15, 0.2) is 18.2 Å². The molecule has 0 saturated heterocycles. The van der Waals surface area contributed by atoms with Crippen molar-refractivity contribution >= 4 is 17.4 Å². The summed E-state index contributed by atoms with van der Waals surface area (Å²) in [6, 6.07) is 6.05. The molecule has 0 amide bonds. The lowest BCUT2D eigenvalue weighted by atomic mass is 10.0. The van der Waals surface area contributed by atoms with Gasteiger partial charge in [-0.2, -0.15) is 0 Å². The third kappa shape index (κ3) is 3.19. The fraction of sp³-hybridized carbons (Fsp3) is 0.364. The van der Waals surface area contributed by atoms with E-state index in [-0.39, 0.29) is 5.78 Å². The van der Waals surface area contributed by atoms with Gasteiger partial charge >= 0.3 is 0 Å². The molecule has 13 heavy (non-hydrogen) atoms. The normalized spacial score (nSPS) is 10.1. The molecule has 0 aromatic heterocycles. The van der Waals surface area contributed by atoms with E-state index in [2.05, 4.69) is 0 Å². The van der Waals surface area contributed by atoms with Gasteiger partial charge in [0.25, 0.3) is 0 Å². The third-order valence-corrected chi connectivity index (χ3v) is 2.11. The molecule has 0 fully saturated rings. The Morgan fingerprint density at radius 2 is 1.92 bits per heavy atom. The molecule has 0 aliphatic heterocycles. The quantitative estimate of drug-likeness (QED) is 0.680. The van der Waals surface area contributed by atoms with Crippen LogP contribution < -0.4 is 0 Å². The van der Waals surface area contributed by atoms with Gasteiger partial charge in [-0.25, -0.2) is 0 Å². The molecule has 2 heteroatoms. The van der Waals surface area contributed by atoms with Crippen molar-refractivity contribution in [3.8, 4) is 0 Å². The summed E-state index contributed by atoms with van der Waals surface area (Å²) >= 11 is 5.72. The number of carbonyl (C=O) groups is 1. The van der Waals surface area contributed by atoms with E-state index in [1.165, 1.54) is 0 Å². The van der Waals surface area contributed by atoms with Gasteiger partial charge in [0.05, 0.1) is 0 Å². The number of rotatable bonds is 3. The van der Waals surface area contributed by atoms with Crippen LogP contribution in [0, 0.1) is 6.92 Å². The van der Waals surface area contributed by atoms with Crippen LogP contribution >= 0.6 is 11.6 Å². The Hall–Kier alpha value is -0.820. The first kappa shape index (κ1) is 10.3. The van der Waals surface area contributed by atoms with Crippen LogP contribution in [0.1, 0.15) is 23.6 Å². The standard InChI is InChI=1S/C11H13ClO/c1-8-3-10(5-9(2)13)6-11(4-8)7-12/h3-4,6H,5,7H2,1-2H3. The van der Waals surface area contributed by atoms with Gasteiger partial charge in [0.1, 0.15) is 5.78 Å². The number of carbonyl (C=O) groups excluding carboxylic acids is 1. The molecule has 0 aliphatic rings. The average Bonchev–Trinajstić information content (AvgIpc) is 2.01. The lowest BCUT2D eigenvalue weighted by Gasteiger charge is -2.03. The van der Waals surface area contributed by atoms with Crippen LogP contribution in [0.4, 0.5) is 0 Å². The molecular formula is C11H13ClO. The molecule has 0 heterocycles. The summed E-state index contributed by atoms with van der Waals surface area (Å²) in [7, 11) is 0. The highest BCUT2D eigenvalue weighted by Gasteiger charge is 2.00. The largest absolute Gasteiger partial charge is 0.300 e. The van der Waals surface area contributed by atoms with Crippen molar-refractivity contribution in [1.29, 1.82) is 0 Å². The van der Waals surface area contributed by atoms with Crippen molar-refractivity contribution in [2.45, 2.75) is 26.1 Å². The van der Waals surface area contributed by atoms with Gasteiger partial charge in [0.15, 0.2) is 0 Å². The third-order valence-electron chi connectivity index (χ3n) is 1.80. The summed E-state index contributed by atoms with van der Waals surface area (Å²) in [6.45, 7) is 3.61. The zero-order valence-electron chi connectivity index (χ0n) is 7.93. The van der Waals surface area contributed by atoms with Crippen molar-refractivity contribution in [1.82, 2.24) is 0 Å². The van der Waals surface area contributed by atoms with Crippen LogP contribution in [0.2, 0.25) is 0 Å². The highest BCUT2D eigenvalue weighted by Crippen LogP contribution is 2.12. The van der Waals surface area contributed by atoms with Gasteiger partial charge in [-0.15, -0.1) is 11.6 Å². The number of benzene rings is 1. The van der Waals surface area contributed by atoms with Gasteiger partial charge in [-0.05, 0) is 25.0 Å². The molecule has 0 saturated carbocycles. The maximum atomic E-state index is 10.9. The zero-order chi connectivity index (χ0) is 9.84. The Bertz CT molecular complexity index is 318. The summed E-state index contributed by atoms with van der Waals surface area (Å²) < 4.78 is 0. The summed E-state index contributed by atoms with van der Waals surface area (Å²) in [5.74, 6) is 0.693. The van der Waals surface area contributed by atoms with E-state index in [0.717, 1.165) is 16.7 Å². The van der Waals surface area contributed by atoms with Gasteiger partial charge in [0.2, 0.25) is 0 Å². The van der Waals surface area contributed by atoms with Gasteiger partial charge in [-0.3, -0.25) is 4.79 Å². The fourth-order valence-electron chi connectivity index (χ4n) is 1.41. The molecule has 1 aromatic rings. The number of Topliss-reactive ketones (excluding diaryl/α,β-unsaturated/α-hetero) is 1. The van der Waals surface area contributed by atoms with E-state index in [4.69, 9.17) is 11.6 Å². The summed E-state index contributed by atoms with van der Waals surface area (Å²) in [4.78, 5) is 10.9. The van der Waals surface area contributed by atoms with Gasteiger partial charge in [-0.1, -0.05) is 23.8 Å².